The van der Waals surface area contributed by atoms with E-state index in [1.807, 2.05) is 18.2 Å². The zero-order chi connectivity index (χ0) is 12.3. The molecule has 2 rings (SSSR count). The minimum Gasteiger partial charge on any atom is -0.397 e. The Morgan fingerprint density at radius 2 is 2.06 bits per heavy atom. The standard InChI is InChI=1S/C14H19N3/c1-10(4-3-9-15)13-8-7-11-5-2-6-12(16)14(11)17-13/h2,5-8,10H,3-4,9,15-16H2,1H3. The van der Waals surface area contributed by atoms with Gasteiger partial charge in [-0.25, -0.2) is 0 Å². The summed E-state index contributed by atoms with van der Waals surface area (Å²) in [6.07, 6.45) is 2.10. The number of pyridine rings is 1. The molecule has 1 aromatic heterocycles. The molecule has 1 heterocycles. The van der Waals surface area contributed by atoms with Crippen LogP contribution < -0.4 is 11.5 Å². The highest BCUT2D eigenvalue weighted by Crippen LogP contribution is 2.24. The van der Waals surface area contributed by atoms with E-state index in [0.29, 0.717) is 5.92 Å². The number of benzene rings is 1. The maximum Gasteiger partial charge on any atom is 0.0934 e. The summed E-state index contributed by atoms with van der Waals surface area (Å²) in [6.45, 7) is 2.92. The van der Waals surface area contributed by atoms with Crippen LogP contribution in [0.5, 0.6) is 0 Å². The molecule has 0 bridgehead atoms. The second-order valence-electron chi connectivity index (χ2n) is 4.49. The van der Waals surface area contributed by atoms with Crippen molar-refractivity contribution in [2.75, 3.05) is 12.3 Å². The lowest BCUT2D eigenvalue weighted by molar-refractivity contribution is 0.628. The van der Waals surface area contributed by atoms with Crippen LogP contribution in [0.1, 0.15) is 31.4 Å². The van der Waals surface area contributed by atoms with Gasteiger partial charge in [0.1, 0.15) is 0 Å². The molecule has 0 fully saturated rings. The largest absolute Gasteiger partial charge is 0.397 e. The lowest BCUT2D eigenvalue weighted by atomic mass is 10.00. The van der Waals surface area contributed by atoms with E-state index in [0.717, 1.165) is 41.7 Å². The molecular weight excluding hydrogens is 210 g/mol. The first-order valence-corrected chi connectivity index (χ1v) is 6.07. The molecule has 0 aliphatic heterocycles. The normalized spacial score (nSPS) is 12.8. The van der Waals surface area contributed by atoms with Crippen molar-refractivity contribution in [2.24, 2.45) is 5.73 Å². The Balaban J connectivity index is 2.33. The molecule has 0 radical (unpaired) electrons. The quantitative estimate of drug-likeness (QED) is 0.792. The molecular formula is C14H19N3. The summed E-state index contributed by atoms with van der Waals surface area (Å²) in [4.78, 5) is 4.66. The van der Waals surface area contributed by atoms with Crippen molar-refractivity contribution >= 4 is 16.6 Å². The summed E-state index contributed by atoms with van der Waals surface area (Å²) in [5.74, 6) is 0.433. The number of hydrogen-bond acceptors (Lipinski definition) is 3. The minimum absolute atomic E-state index is 0.433. The average Bonchev–Trinajstić information content (AvgIpc) is 2.36. The van der Waals surface area contributed by atoms with Crippen molar-refractivity contribution in [3.05, 3.63) is 36.0 Å². The number of hydrogen-bond donors (Lipinski definition) is 2. The van der Waals surface area contributed by atoms with Gasteiger partial charge in [-0.3, -0.25) is 4.98 Å². The highest BCUT2D eigenvalue weighted by molar-refractivity contribution is 5.89. The van der Waals surface area contributed by atoms with Crippen LogP contribution in [0, 0.1) is 0 Å². The molecule has 1 aromatic carbocycles. The molecule has 17 heavy (non-hydrogen) atoms. The zero-order valence-corrected chi connectivity index (χ0v) is 10.2. The maximum atomic E-state index is 5.94. The van der Waals surface area contributed by atoms with Crippen LogP contribution in [-0.2, 0) is 0 Å². The Morgan fingerprint density at radius 1 is 1.24 bits per heavy atom. The van der Waals surface area contributed by atoms with Crippen molar-refractivity contribution < 1.29 is 0 Å². The van der Waals surface area contributed by atoms with Crippen molar-refractivity contribution in [1.82, 2.24) is 4.98 Å². The Kier molecular flexibility index (Phi) is 3.59. The van der Waals surface area contributed by atoms with Crippen LogP contribution in [0.25, 0.3) is 10.9 Å². The SMILES string of the molecule is CC(CCCN)c1ccc2cccc(N)c2n1. The van der Waals surface area contributed by atoms with Gasteiger partial charge in [0.05, 0.1) is 11.2 Å². The minimum atomic E-state index is 0.433. The number of para-hydroxylation sites is 1. The van der Waals surface area contributed by atoms with E-state index in [4.69, 9.17) is 11.5 Å². The Morgan fingerprint density at radius 3 is 2.82 bits per heavy atom. The van der Waals surface area contributed by atoms with Gasteiger partial charge in [0, 0.05) is 11.1 Å². The molecule has 0 saturated heterocycles. The third-order valence-corrected chi connectivity index (χ3v) is 3.12. The van der Waals surface area contributed by atoms with Gasteiger partial charge in [0.15, 0.2) is 0 Å². The van der Waals surface area contributed by atoms with E-state index in [9.17, 15) is 0 Å². The van der Waals surface area contributed by atoms with Crippen LogP contribution in [0.2, 0.25) is 0 Å². The van der Waals surface area contributed by atoms with E-state index in [-0.39, 0.29) is 0 Å². The van der Waals surface area contributed by atoms with Crippen LogP contribution in [0.15, 0.2) is 30.3 Å². The first kappa shape index (κ1) is 11.9. The fraction of sp³-hybridized carbons (Fsp3) is 0.357. The molecule has 0 saturated carbocycles. The van der Waals surface area contributed by atoms with Crippen LogP contribution in [-0.4, -0.2) is 11.5 Å². The summed E-state index contributed by atoms with van der Waals surface area (Å²) in [7, 11) is 0. The van der Waals surface area contributed by atoms with E-state index in [1.54, 1.807) is 0 Å². The molecule has 3 heteroatoms. The fourth-order valence-corrected chi connectivity index (χ4v) is 2.03. The van der Waals surface area contributed by atoms with Gasteiger partial charge < -0.3 is 11.5 Å². The van der Waals surface area contributed by atoms with Crippen LogP contribution >= 0.6 is 0 Å². The van der Waals surface area contributed by atoms with Gasteiger partial charge in [-0.1, -0.05) is 25.1 Å². The molecule has 3 nitrogen and oxygen atoms in total. The number of rotatable bonds is 4. The van der Waals surface area contributed by atoms with Crippen molar-refractivity contribution in [3.8, 4) is 0 Å². The maximum absolute atomic E-state index is 5.94. The summed E-state index contributed by atoms with van der Waals surface area (Å²) in [6, 6.07) is 10.1. The number of nitrogen functional groups attached to an aromatic ring is 1. The molecule has 2 aromatic rings. The molecule has 0 spiro atoms. The summed E-state index contributed by atoms with van der Waals surface area (Å²) in [5, 5.41) is 1.10. The summed E-state index contributed by atoms with van der Waals surface area (Å²) >= 11 is 0. The predicted octanol–water partition coefficient (Wildman–Crippen LogP) is 2.66. The van der Waals surface area contributed by atoms with Crippen molar-refractivity contribution in [2.45, 2.75) is 25.7 Å². The lowest BCUT2D eigenvalue weighted by Crippen LogP contribution is -2.03. The molecule has 90 valence electrons. The highest BCUT2D eigenvalue weighted by Gasteiger charge is 2.08. The van der Waals surface area contributed by atoms with Crippen LogP contribution in [0.4, 0.5) is 5.69 Å². The highest BCUT2D eigenvalue weighted by atomic mass is 14.7. The zero-order valence-electron chi connectivity index (χ0n) is 10.2. The van der Waals surface area contributed by atoms with E-state index in [1.165, 1.54) is 0 Å². The first-order valence-electron chi connectivity index (χ1n) is 6.07. The summed E-state index contributed by atoms with van der Waals surface area (Å²) < 4.78 is 0. The molecule has 0 aliphatic rings. The van der Waals surface area contributed by atoms with E-state index in [2.05, 4.69) is 24.0 Å². The fourth-order valence-electron chi connectivity index (χ4n) is 2.03. The van der Waals surface area contributed by atoms with Gasteiger partial charge in [-0.05, 0) is 37.4 Å². The molecule has 0 aliphatic carbocycles. The van der Waals surface area contributed by atoms with Gasteiger partial charge in [-0.2, -0.15) is 0 Å². The second kappa shape index (κ2) is 5.15. The third kappa shape index (κ3) is 2.56. The Bertz CT molecular complexity index is 508. The smallest absolute Gasteiger partial charge is 0.0934 e. The topological polar surface area (TPSA) is 64.9 Å². The third-order valence-electron chi connectivity index (χ3n) is 3.12. The van der Waals surface area contributed by atoms with Crippen LogP contribution in [0.3, 0.4) is 0 Å². The Hall–Kier alpha value is -1.61. The van der Waals surface area contributed by atoms with Gasteiger partial charge in [0.2, 0.25) is 0 Å². The van der Waals surface area contributed by atoms with Gasteiger partial charge in [-0.15, -0.1) is 0 Å². The van der Waals surface area contributed by atoms with Gasteiger partial charge in [0.25, 0.3) is 0 Å². The second-order valence-corrected chi connectivity index (χ2v) is 4.49. The number of fused-ring (bicyclic) bond motifs is 1. The van der Waals surface area contributed by atoms with Gasteiger partial charge >= 0.3 is 0 Å². The average molecular weight is 229 g/mol. The van der Waals surface area contributed by atoms with Crippen molar-refractivity contribution in [3.63, 3.8) is 0 Å². The van der Waals surface area contributed by atoms with E-state index >= 15 is 0 Å². The molecule has 4 N–H and O–H groups in total. The number of aromatic nitrogens is 1. The molecule has 1 atom stereocenters. The first-order chi connectivity index (χ1) is 8.22. The van der Waals surface area contributed by atoms with E-state index < -0.39 is 0 Å². The monoisotopic (exact) mass is 229 g/mol. The number of anilines is 1. The summed E-state index contributed by atoms with van der Waals surface area (Å²) in [5.41, 5.74) is 14.2. The molecule has 1 unspecified atom stereocenters. The van der Waals surface area contributed by atoms with Crippen molar-refractivity contribution in [1.29, 1.82) is 0 Å². The predicted molar refractivity (Wildman–Crippen MR) is 72.9 cm³/mol. The Labute approximate surface area is 102 Å². The number of nitrogens with two attached hydrogens (primary N) is 2. The molecule has 0 amide bonds. The lowest BCUT2D eigenvalue weighted by Gasteiger charge is -2.11. The number of nitrogens with zero attached hydrogens (tertiary/aromatic N) is 1.